The van der Waals surface area contributed by atoms with E-state index in [1.165, 1.54) is 37.1 Å². The lowest BCUT2D eigenvalue weighted by molar-refractivity contribution is 0.170. The molecule has 0 unspecified atom stereocenters. The summed E-state index contributed by atoms with van der Waals surface area (Å²) in [5, 5.41) is 0. The lowest BCUT2D eigenvalue weighted by Crippen LogP contribution is -2.25. The van der Waals surface area contributed by atoms with Crippen LogP contribution in [0.4, 0.5) is 22.0 Å². The van der Waals surface area contributed by atoms with Crippen LogP contribution in [0.3, 0.4) is 0 Å². The summed E-state index contributed by atoms with van der Waals surface area (Å²) >= 11 is 0. The van der Waals surface area contributed by atoms with Gasteiger partial charge >= 0.3 is 0 Å². The maximum absolute atomic E-state index is 15.1. The Morgan fingerprint density at radius 1 is 0.750 bits per heavy atom. The van der Waals surface area contributed by atoms with Gasteiger partial charge in [0.15, 0.2) is 23.2 Å². The first-order valence-corrected chi connectivity index (χ1v) is 13.3. The molecule has 196 valence electrons. The van der Waals surface area contributed by atoms with Crippen molar-refractivity contribution in [2.24, 2.45) is 17.8 Å². The molecule has 2 aromatic rings. The highest BCUT2D eigenvalue weighted by atomic mass is 19.2. The summed E-state index contributed by atoms with van der Waals surface area (Å²) in [4.78, 5) is 0. The zero-order valence-electron chi connectivity index (χ0n) is 20.8. The molecule has 4 rings (SSSR count). The highest BCUT2D eigenvalue weighted by Gasteiger charge is 2.32. The molecule has 0 bridgehead atoms. The third kappa shape index (κ3) is 5.78. The van der Waals surface area contributed by atoms with Gasteiger partial charge in [-0.1, -0.05) is 24.3 Å². The SMILES string of the molecule is CCOc1ccc(-c2ccc(C3CCC(C4CCC(/C=C/CCF)CC4)CC3)c(F)c2F)c(F)c1F. The van der Waals surface area contributed by atoms with Crippen LogP contribution >= 0.6 is 0 Å². The highest BCUT2D eigenvalue weighted by Crippen LogP contribution is 2.45. The molecule has 0 aromatic heterocycles. The van der Waals surface area contributed by atoms with Crippen molar-refractivity contribution in [2.75, 3.05) is 13.3 Å². The number of halogens is 5. The summed E-state index contributed by atoms with van der Waals surface area (Å²) in [6, 6.07) is 5.34. The lowest BCUT2D eigenvalue weighted by atomic mass is 9.68. The molecule has 6 heteroatoms. The van der Waals surface area contributed by atoms with Gasteiger partial charge in [-0.25, -0.2) is 13.2 Å². The predicted molar refractivity (Wildman–Crippen MR) is 133 cm³/mol. The maximum atomic E-state index is 15.1. The fourth-order valence-electron chi connectivity index (χ4n) is 6.16. The van der Waals surface area contributed by atoms with Crippen molar-refractivity contribution in [3.8, 4) is 16.9 Å². The minimum absolute atomic E-state index is 0.0771. The summed E-state index contributed by atoms with van der Waals surface area (Å²) in [6.45, 7) is 1.50. The maximum Gasteiger partial charge on any atom is 0.201 e. The Morgan fingerprint density at radius 3 is 1.94 bits per heavy atom. The van der Waals surface area contributed by atoms with E-state index in [1.54, 1.807) is 6.92 Å². The molecule has 0 aliphatic heterocycles. The van der Waals surface area contributed by atoms with E-state index in [1.807, 2.05) is 6.08 Å². The van der Waals surface area contributed by atoms with E-state index in [9.17, 15) is 13.2 Å². The van der Waals surface area contributed by atoms with E-state index in [4.69, 9.17) is 4.74 Å². The van der Waals surface area contributed by atoms with E-state index in [0.717, 1.165) is 38.5 Å². The third-order valence-corrected chi connectivity index (χ3v) is 8.13. The first-order chi connectivity index (χ1) is 17.4. The van der Waals surface area contributed by atoms with Gasteiger partial charge in [-0.3, -0.25) is 4.39 Å². The molecule has 0 spiro atoms. The summed E-state index contributed by atoms with van der Waals surface area (Å²) in [5.41, 5.74) is -0.289. The van der Waals surface area contributed by atoms with Gasteiger partial charge in [0.1, 0.15) is 0 Å². The van der Waals surface area contributed by atoms with Crippen LogP contribution in [0, 0.1) is 41.0 Å². The average molecular weight is 507 g/mol. The van der Waals surface area contributed by atoms with Crippen LogP contribution in [-0.2, 0) is 0 Å². The zero-order valence-corrected chi connectivity index (χ0v) is 20.8. The molecule has 0 saturated heterocycles. The molecule has 2 aromatic carbocycles. The largest absolute Gasteiger partial charge is 0.491 e. The van der Waals surface area contributed by atoms with Gasteiger partial charge < -0.3 is 4.74 Å². The fraction of sp³-hybridized carbons (Fsp3) is 0.533. The Balaban J connectivity index is 1.39. The number of ether oxygens (including phenoxy) is 1. The Morgan fingerprint density at radius 2 is 1.33 bits per heavy atom. The second kappa shape index (κ2) is 12.2. The standard InChI is InChI=1S/C30H35F5O/c1-2-36-26-17-16-25(29(34)30(26)35)24-15-14-23(27(32)28(24)33)22-12-10-21(11-13-22)20-8-6-19(7-9-20)5-3-4-18-31/h3,5,14-17,19-22H,2,4,6-13,18H2,1H3/b5-3+. The number of alkyl halides is 1. The Hall–Kier alpha value is -2.37. The normalized spacial score (nSPS) is 24.8. The van der Waals surface area contributed by atoms with Crippen molar-refractivity contribution in [3.63, 3.8) is 0 Å². The number of hydrogen-bond acceptors (Lipinski definition) is 1. The van der Waals surface area contributed by atoms with Crippen LogP contribution in [0.5, 0.6) is 5.75 Å². The van der Waals surface area contributed by atoms with Gasteiger partial charge in [-0.15, -0.1) is 0 Å². The van der Waals surface area contributed by atoms with Crippen LogP contribution < -0.4 is 4.74 Å². The van der Waals surface area contributed by atoms with Gasteiger partial charge in [-0.05, 0) is 106 Å². The minimum Gasteiger partial charge on any atom is -0.491 e. The number of rotatable bonds is 8. The van der Waals surface area contributed by atoms with Crippen molar-refractivity contribution in [1.29, 1.82) is 0 Å². The Kier molecular flexibility index (Phi) is 9.08. The number of hydrogen-bond donors (Lipinski definition) is 0. The molecule has 1 nitrogen and oxygen atoms in total. The van der Waals surface area contributed by atoms with Crippen LogP contribution in [0.2, 0.25) is 0 Å². The summed E-state index contributed by atoms with van der Waals surface area (Å²) < 4.78 is 76.4. The smallest absolute Gasteiger partial charge is 0.201 e. The van der Waals surface area contributed by atoms with E-state index in [0.29, 0.717) is 29.7 Å². The van der Waals surface area contributed by atoms with E-state index in [2.05, 4.69) is 6.08 Å². The van der Waals surface area contributed by atoms with Crippen molar-refractivity contribution in [1.82, 2.24) is 0 Å². The van der Waals surface area contributed by atoms with Crippen LogP contribution in [0.25, 0.3) is 11.1 Å². The zero-order chi connectivity index (χ0) is 25.7. The lowest BCUT2D eigenvalue weighted by Gasteiger charge is -2.37. The molecule has 2 fully saturated rings. The fourth-order valence-corrected chi connectivity index (χ4v) is 6.16. The molecule has 0 amide bonds. The van der Waals surface area contributed by atoms with Crippen molar-refractivity contribution < 1.29 is 26.7 Å². The summed E-state index contributed by atoms with van der Waals surface area (Å²) in [6.07, 6.45) is 12.8. The molecule has 0 heterocycles. The van der Waals surface area contributed by atoms with Crippen LogP contribution in [0.1, 0.15) is 76.2 Å². The molecule has 0 radical (unpaired) electrons. The predicted octanol–water partition coefficient (Wildman–Crippen LogP) is 9.30. The number of allylic oxidation sites excluding steroid dienone is 2. The monoisotopic (exact) mass is 506 g/mol. The van der Waals surface area contributed by atoms with E-state index < -0.39 is 23.3 Å². The molecule has 2 aliphatic carbocycles. The molecular formula is C30H35F5O. The quantitative estimate of drug-likeness (QED) is 0.256. The average Bonchev–Trinajstić information content (AvgIpc) is 2.90. The molecule has 2 aliphatic rings. The van der Waals surface area contributed by atoms with Gasteiger partial charge in [-0.2, -0.15) is 4.39 Å². The van der Waals surface area contributed by atoms with Gasteiger partial charge in [0.05, 0.1) is 13.3 Å². The topological polar surface area (TPSA) is 9.23 Å². The Bertz CT molecular complexity index is 1050. The molecule has 0 N–H and O–H groups in total. The Labute approximate surface area is 210 Å². The molecule has 36 heavy (non-hydrogen) atoms. The molecule has 0 atom stereocenters. The van der Waals surface area contributed by atoms with Crippen molar-refractivity contribution >= 4 is 0 Å². The van der Waals surface area contributed by atoms with E-state index >= 15 is 8.78 Å². The number of benzene rings is 2. The summed E-state index contributed by atoms with van der Waals surface area (Å²) in [7, 11) is 0. The highest BCUT2D eigenvalue weighted by molar-refractivity contribution is 5.66. The second-order valence-corrected chi connectivity index (χ2v) is 10.2. The van der Waals surface area contributed by atoms with Crippen molar-refractivity contribution in [3.05, 3.63) is 65.2 Å². The first kappa shape index (κ1) is 26.7. The van der Waals surface area contributed by atoms with Crippen LogP contribution in [-0.4, -0.2) is 13.3 Å². The van der Waals surface area contributed by atoms with Gasteiger partial charge in [0.2, 0.25) is 5.82 Å². The van der Waals surface area contributed by atoms with Gasteiger partial charge in [0.25, 0.3) is 0 Å². The minimum atomic E-state index is -1.25. The van der Waals surface area contributed by atoms with Crippen LogP contribution in [0.15, 0.2) is 36.4 Å². The first-order valence-electron chi connectivity index (χ1n) is 13.3. The second-order valence-electron chi connectivity index (χ2n) is 10.2. The molecule has 2 saturated carbocycles. The summed E-state index contributed by atoms with van der Waals surface area (Å²) in [5.74, 6) is -3.08. The van der Waals surface area contributed by atoms with Crippen molar-refractivity contribution in [2.45, 2.75) is 70.6 Å². The molecular weight excluding hydrogens is 471 g/mol. The van der Waals surface area contributed by atoms with Gasteiger partial charge in [0, 0.05) is 11.1 Å². The third-order valence-electron chi connectivity index (χ3n) is 8.13. The van der Waals surface area contributed by atoms with E-state index in [-0.39, 0.29) is 36.1 Å².